The Hall–Kier alpha value is -4.13. The Morgan fingerprint density at radius 3 is 2.43 bits per heavy atom. The van der Waals surface area contributed by atoms with Crippen LogP contribution in [0.4, 0.5) is 29.3 Å². The Kier molecular flexibility index (Phi) is 8.13. The first-order chi connectivity index (χ1) is 20.0. The molecule has 2 atom stereocenters. The van der Waals surface area contributed by atoms with Crippen LogP contribution in [0, 0.1) is 11.2 Å². The number of nitrogens with zero attached hydrogens (tertiary/aromatic N) is 3. The Morgan fingerprint density at radius 2 is 1.83 bits per heavy atom. The van der Waals surface area contributed by atoms with Crippen molar-refractivity contribution < 1.29 is 36.9 Å². The molecule has 2 aromatic carbocycles. The predicted molar refractivity (Wildman–Crippen MR) is 147 cm³/mol. The number of carbonyl (C=O) groups is 1. The fraction of sp³-hybridized carbons (Fsp3) is 0.414. The maximum Gasteiger partial charge on any atom is 0.429 e. The van der Waals surface area contributed by atoms with Crippen LogP contribution in [-0.2, 0) is 4.79 Å². The van der Waals surface area contributed by atoms with Gasteiger partial charge in [-0.1, -0.05) is 24.3 Å². The Bertz CT molecular complexity index is 1430. The van der Waals surface area contributed by atoms with Crippen LogP contribution in [0.1, 0.15) is 37.9 Å². The molecule has 2 saturated heterocycles. The molecule has 1 spiro atoms. The van der Waals surface area contributed by atoms with Gasteiger partial charge in [0.2, 0.25) is 17.9 Å². The summed E-state index contributed by atoms with van der Waals surface area (Å²) in [6.07, 6.45) is -5.76. The Balaban J connectivity index is 1.33. The van der Waals surface area contributed by atoms with Crippen LogP contribution in [0.25, 0.3) is 11.1 Å². The average Bonchev–Trinajstić information content (AvgIpc) is 3.36. The first-order valence-electron chi connectivity index (χ1n) is 13.6. The van der Waals surface area contributed by atoms with Crippen molar-refractivity contribution in [1.82, 2.24) is 15.3 Å². The summed E-state index contributed by atoms with van der Waals surface area (Å²) in [5.74, 6) is -1.80. The molecular weight excluding hydrogens is 558 g/mol. The minimum atomic E-state index is -4.96. The summed E-state index contributed by atoms with van der Waals surface area (Å²) in [4.78, 5) is 21.2. The largest absolute Gasteiger partial charge is 0.494 e. The molecule has 2 aliphatic heterocycles. The number of nitrogens with two attached hydrogens (primary N) is 1. The molecule has 0 bridgehead atoms. The lowest BCUT2D eigenvalue weighted by Crippen LogP contribution is -2.41. The second-order valence-corrected chi connectivity index (χ2v) is 10.6. The number of hydrogen-bond donors (Lipinski definition) is 3. The molecule has 2 aliphatic rings. The van der Waals surface area contributed by atoms with Gasteiger partial charge in [-0.15, -0.1) is 0 Å². The van der Waals surface area contributed by atoms with Crippen LogP contribution in [0.15, 0.2) is 48.5 Å². The van der Waals surface area contributed by atoms with E-state index in [2.05, 4.69) is 15.3 Å². The number of nitrogen functional groups attached to an aromatic ring is 1. The number of carboxylic acids is 1. The summed E-state index contributed by atoms with van der Waals surface area (Å²) in [5.41, 5.74) is 5.96. The molecule has 2 fully saturated rings. The van der Waals surface area contributed by atoms with E-state index < -0.39 is 41.6 Å². The highest BCUT2D eigenvalue weighted by Crippen LogP contribution is 2.42. The first-order valence-corrected chi connectivity index (χ1v) is 13.6. The molecule has 3 heterocycles. The number of halogens is 4. The zero-order valence-corrected chi connectivity index (χ0v) is 22.8. The predicted octanol–water partition coefficient (Wildman–Crippen LogP) is 4.98. The minimum absolute atomic E-state index is 0.173. The zero-order valence-electron chi connectivity index (χ0n) is 22.8. The molecule has 4 N–H and O–H groups in total. The SMILES string of the molecule is CCOc1ccc(-c2ccc([C@@H](Oc3cc(N4CCC5(CC4)CNC(C(=O)O)C5)nc(N)n3)C(F)(F)F)c(F)c2)cc1. The van der Waals surface area contributed by atoms with Gasteiger partial charge in [0, 0.05) is 31.3 Å². The van der Waals surface area contributed by atoms with Crippen LogP contribution in [0.2, 0.25) is 0 Å². The number of carboxylic acid groups (broad SMARTS) is 1. The van der Waals surface area contributed by atoms with E-state index in [1.165, 1.54) is 12.1 Å². The fourth-order valence-corrected chi connectivity index (χ4v) is 5.59. The van der Waals surface area contributed by atoms with E-state index in [0.717, 1.165) is 12.1 Å². The molecule has 3 aromatic rings. The number of alkyl halides is 3. The molecule has 9 nitrogen and oxygen atoms in total. The molecule has 224 valence electrons. The van der Waals surface area contributed by atoms with Crippen molar-refractivity contribution in [2.75, 3.05) is 36.9 Å². The van der Waals surface area contributed by atoms with E-state index in [4.69, 9.17) is 15.2 Å². The fourth-order valence-electron chi connectivity index (χ4n) is 5.59. The van der Waals surface area contributed by atoms with Crippen LogP contribution in [0.5, 0.6) is 11.6 Å². The summed E-state index contributed by atoms with van der Waals surface area (Å²) in [6.45, 7) is 3.89. The van der Waals surface area contributed by atoms with E-state index in [1.807, 2.05) is 11.8 Å². The smallest absolute Gasteiger partial charge is 0.429 e. The second-order valence-electron chi connectivity index (χ2n) is 10.6. The standard InChI is InChI=1S/C29H31F4N5O4/c1-2-41-19-6-3-17(4-7-19)18-5-8-20(21(30)13-18)25(29(31,32)33)42-24-14-23(36-27(34)37-24)38-11-9-28(10-12-38)15-22(26(39)40)35-16-28/h3-8,13-14,22,25,35H,2,9-12,15-16H2,1H3,(H,39,40)(H2,34,36,37)/t22?,25-/m1/s1. The number of anilines is 2. The molecule has 1 aromatic heterocycles. The van der Waals surface area contributed by atoms with Gasteiger partial charge < -0.3 is 30.5 Å². The third-order valence-electron chi connectivity index (χ3n) is 7.83. The van der Waals surface area contributed by atoms with Gasteiger partial charge in [0.25, 0.3) is 0 Å². The highest BCUT2D eigenvalue weighted by atomic mass is 19.4. The molecule has 1 unspecified atom stereocenters. The van der Waals surface area contributed by atoms with E-state index >= 15 is 4.39 Å². The van der Waals surface area contributed by atoms with Gasteiger partial charge in [0.05, 0.1) is 6.61 Å². The van der Waals surface area contributed by atoms with Crippen molar-refractivity contribution in [3.05, 3.63) is 59.9 Å². The maximum atomic E-state index is 15.2. The van der Waals surface area contributed by atoms with Gasteiger partial charge in [-0.2, -0.15) is 23.1 Å². The number of aliphatic carboxylic acids is 1. The van der Waals surface area contributed by atoms with Crippen molar-refractivity contribution >= 4 is 17.7 Å². The lowest BCUT2D eigenvalue weighted by Gasteiger charge is -2.39. The zero-order chi connectivity index (χ0) is 30.1. The van der Waals surface area contributed by atoms with E-state index in [9.17, 15) is 23.1 Å². The number of aromatic nitrogens is 2. The summed E-state index contributed by atoms with van der Waals surface area (Å²) in [7, 11) is 0. The van der Waals surface area contributed by atoms with Gasteiger partial charge >= 0.3 is 12.1 Å². The van der Waals surface area contributed by atoms with Crippen LogP contribution in [-0.4, -0.2) is 59.5 Å². The molecule has 42 heavy (non-hydrogen) atoms. The number of ether oxygens (including phenoxy) is 2. The quantitative estimate of drug-likeness (QED) is 0.312. The van der Waals surface area contributed by atoms with Crippen molar-refractivity contribution in [1.29, 1.82) is 0 Å². The summed E-state index contributed by atoms with van der Waals surface area (Å²) < 4.78 is 68.4. The van der Waals surface area contributed by atoms with Gasteiger partial charge in [-0.25, -0.2) is 4.39 Å². The Morgan fingerprint density at radius 1 is 1.14 bits per heavy atom. The molecule has 0 aliphatic carbocycles. The van der Waals surface area contributed by atoms with Gasteiger partial charge in [0.15, 0.2) is 0 Å². The van der Waals surface area contributed by atoms with Crippen LogP contribution < -0.4 is 25.4 Å². The molecule has 0 radical (unpaired) electrons. The van der Waals surface area contributed by atoms with Gasteiger partial charge in [-0.3, -0.25) is 4.79 Å². The number of rotatable bonds is 8. The lowest BCUT2D eigenvalue weighted by molar-refractivity contribution is -0.199. The third-order valence-corrected chi connectivity index (χ3v) is 7.83. The van der Waals surface area contributed by atoms with Gasteiger partial charge in [-0.05, 0) is 60.9 Å². The maximum absolute atomic E-state index is 15.2. The van der Waals surface area contributed by atoms with Crippen molar-refractivity contribution in [2.45, 2.75) is 44.5 Å². The Labute approximate surface area is 239 Å². The summed E-state index contributed by atoms with van der Waals surface area (Å²) >= 11 is 0. The molecule has 0 amide bonds. The van der Waals surface area contributed by atoms with Crippen molar-refractivity contribution in [3.63, 3.8) is 0 Å². The lowest BCUT2D eigenvalue weighted by atomic mass is 9.76. The number of benzene rings is 2. The van der Waals surface area contributed by atoms with Gasteiger partial charge in [0.1, 0.15) is 23.4 Å². The monoisotopic (exact) mass is 589 g/mol. The number of piperidine rings is 1. The number of nitrogens with one attached hydrogen (secondary N) is 1. The normalized spacial score (nSPS) is 19.1. The molecule has 0 saturated carbocycles. The summed E-state index contributed by atoms with van der Waals surface area (Å²) in [5, 5.41) is 12.4. The van der Waals surface area contributed by atoms with Crippen molar-refractivity contribution in [2.24, 2.45) is 5.41 Å². The summed E-state index contributed by atoms with van der Waals surface area (Å²) in [6, 6.07) is 10.9. The van der Waals surface area contributed by atoms with Crippen molar-refractivity contribution in [3.8, 4) is 22.8 Å². The first kappa shape index (κ1) is 29.4. The minimum Gasteiger partial charge on any atom is -0.494 e. The van der Waals surface area contributed by atoms with Crippen LogP contribution >= 0.6 is 0 Å². The van der Waals surface area contributed by atoms with Crippen LogP contribution in [0.3, 0.4) is 0 Å². The topological polar surface area (TPSA) is 123 Å². The van der Waals surface area contributed by atoms with E-state index in [0.29, 0.717) is 62.4 Å². The third kappa shape index (κ3) is 6.35. The highest BCUT2D eigenvalue weighted by Gasteiger charge is 2.46. The van der Waals surface area contributed by atoms with E-state index in [-0.39, 0.29) is 17.2 Å². The number of hydrogen-bond acceptors (Lipinski definition) is 8. The molecule has 13 heteroatoms. The second kappa shape index (κ2) is 11.6. The molecular formula is C29H31F4N5O4. The molecule has 5 rings (SSSR count). The van der Waals surface area contributed by atoms with E-state index in [1.54, 1.807) is 24.3 Å². The average molecular weight is 590 g/mol. The highest BCUT2D eigenvalue weighted by molar-refractivity contribution is 5.74.